The summed E-state index contributed by atoms with van der Waals surface area (Å²) in [5.74, 6) is 1.25. The summed E-state index contributed by atoms with van der Waals surface area (Å²) in [7, 11) is 1.60. The third kappa shape index (κ3) is 1.74. The average molecular weight is 262 g/mol. The molecule has 18 heavy (non-hydrogen) atoms. The zero-order chi connectivity index (χ0) is 12.7. The number of amidine groups is 1. The smallest absolute Gasteiger partial charge is 0.266 e. The Morgan fingerprint density at radius 2 is 2.17 bits per heavy atom. The highest BCUT2D eigenvalue weighted by Crippen LogP contribution is 2.35. The Labute approximate surface area is 108 Å². The molecule has 0 saturated carbocycles. The fourth-order valence-electron chi connectivity index (χ4n) is 1.72. The van der Waals surface area contributed by atoms with E-state index in [1.165, 1.54) is 4.90 Å². The van der Waals surface area contributed by atoms with Gasteiger partial charge in [0.2, 0.25) is 6.79 Å². The van der Waals surface area contributed by atoms with Crippen molar-refractivity contribution >= 4 is 28.9 Å². The maximum atomic E-state index is 11.8. The highest BCUT2D eigenvalue weighted by Gasteiger charge is 2.29. The first-order valence-corrected chi connectivity index (χ1v) is 6.12. The lowest BCUT2D eigenvalue weighted by atomic mass is 10.2. The molecule has 1 aromatic carbocycles. The van der Waals surface area contributed by atoms with Crippen molar-refractivity contribution in [1.82, 2.24) is 4.90 Å². The minimum atomic E-state index is -0.150. The lowest BCUT2D eigenvalue weighted by molar-refractivity contribution is -0.121. The molecular weight excluding hydrogens is 252 g/mol. The van der Waals surface area contributed by atoms with E-state index in [0.29, 0.717) is 16.4 Å². The van der Waals surface area contributed by atoms with Gasteiger partial charge in [0.05, 0.1) is 4.91 Å². The number of ether oxygens (including phenoxy) is 2. The summed E-state index contributed by atoms with van der Waals surface area (Å²) in [6, 6.07) is 5.50. The molecule has 1 fully saturated rings. The third-order valence-corrected chi connectivity index (χ3v) is 3.70. The maximum Gasteiger partial charge on any atom is 0.266 e. The van der Waals surface area contributed by atoms with Gasteiger partial charge in [0, 0.05) is 7.05 Å². The Balaban J connectivity index is 1.93. The van der Waals surface area contributed by atoms with Gasteiger partial charge in [0.1, 0.15) is 0 Å². The van der Waals surface area contributed by atoms with Crippen LogP contribution in [0.3, 0.4) is 0 Å². The van der Waals surface area contributed by atoms with Gasteiger partial charge in [0.25, 0.3) is 5.91 Å². The molecule has 2 aliphatic heterocycles. The number of fused-ring (bicyclic) bond motifs is 1. The molecule has 5 nitrogen and oxygen atoms in total. The number of nitrogens with one attached hydrogen (secondary N) is 1. The molecule has 0 aliphatic carbocycles. The fourth-order valence-corrected chi connectivity index (χ4v) is 2.57. The predicted octanol–water partition coefficient (Wildman–Crippen LogP) is 1.90. The van der Waals surface area contributed by atoms with Crippen LogP contribution in [0, 0.1) is 5.41 Å². The Hall–Kier alpha value is -1.95. The highest BCUT2D eigenvalue weighted by molar-refractivity contribution is 8.18. The van der Waals surface area contributed by atoms with Gasteiger partial charge in [-0.05, 0) is 35.5 Å². The fraction of sp³-hybridized carbons (Fsp3) is 0.167. The molecule has 0 unspecified atom stereocenters. The van der Waals surface area contributed by atoms with Crippen LogP contribution < -0.4 is 9.47 Å². The number of rotatable bonds is 1. The van der Waals surface area contributed by atoms with E-state index in [4.69, 9.17) is 14.9 Å². The van der Waals surface area contributed by atoms with Crippen molar-refractivity contribution in [3.05, 3.63) is 28.7 Å². The number of amides is 1. The van der Waals surface area contributed by atoms with E-state index in [2.05, 4.69) is 0 Å². The molecule has 92 valence electrons. The first-order chi connectivity index (χ1) is 8.65. The van der Waals surface area contributed by atoms with Crippen molar-refractivity contribution in [3.63, 3.8) is 0 Å². The van der Waals surface area contributed by atoms with Crippen LogP contribution in [0.5, 0.6) is 11.5 Å². The summed E-state index contributed by atoms with van der Waals surface area (Å²) in [6.45, 7) is 0.233. The molecule has 1 amide bonds. The molecule has 1 saturated heterocycles. The number of benzene rings is 1. The number of hydrogen-bond donors (Lipinski definition) is 1. The van der Waals surface area contributed by atoms with Crippen LogP contribution in [0.1, 0.15) is 5.56 Å². The van der Waals surface area contributed by atoms with Gasteiger partial charge in [-0.25, -0.2) is 0 Å². The topological polar surface area (TPSA) is 62.6 Å². The molecule has 1 N–H and O–H groups in total. The molecule has 2 heterocycles. The lowest BCUT2D eigenvalue weighted by Crippen LogP contribution is -2.22. The van der Waals surface area contributed by atoms with Crippen LogP contribution in [0.4, 0.5) is 0 Å². The number of likely N-dealkylation sites (N-methyl/N-ethyl adjacent to an activating group) is 1. The molecule has 0 bridgehead atoms. The molecule has 2 aliphatic rings. The van der Waals surface area contributed by atoms with Gasteiger partial charge in [-0.15, -0.1) is 0 Å². The molecule has 1 aromatic rings. The van der Waals surface area contributed by atoms with Crippen molar-refractivity contribution in [2.45, 2.75) is 0 Å². The molecule has 0 aromatic heterocycles. The zero-order valence-electron chi connectivity index (χ0n) is 9.60. The van der Waals surface area contributed by atoms with Gasteiger partial charge in [0.15, 0.2) is 16.7 Å². The summed E-state index contributed by atoms with van der Waals surface area (Å²) >= 11 is 1.16. The van der Waals surface area contributed by atoms with Crippen molar-refractivity contribution in [2.75, 3.05) is 13.8 Å². The quantitative estimate of drug-likeness (QED) is 0.785. The zero-order valence-corrected chi connectivity index (χ0v) is 10.4. The van der Waals surface area contributed by atoms with Crippen LogP contribution in [-0.2, 0) is 4.79 Å². The van der Waals surface area contributed by atoms with Gasteiger partial charge in [-0.2, -0.15) is 0 Å². The first-order valence-electron chi connectivity index (χ1n) is 5.31. The van der Waals surface area contributed by atoms with Gasteiger partial charge in [-0.3, -0.25) is 15.1 Å². The number of carbonyl (C=O) groups excluding carboxylic acids is 1. The Kier molecular flexibility index (Phi) is 2.52. The highest BCUT2D eigenvalue weighted by atomic mass is 32.2. The normalized spacial score (nSPS) is 20.1. The summed E-state index contributed by atoms with van der Waals surface area (Å²) in [6.07, 6.45) is 1.76. The summed E-state index contributed by atoms with van der Waals surface area (Å²) < 4.78 is 10.5. The number of thioether (sulfide) groups is 1. The molecule has 3 rings (SSSR count). The van der Waals surface area contributed by atoms with E-state index in [0.717, 1.165) is 17.3 Å². The second-order valence-electron chi connectivity index (χ2n) is 3.89. The summed E-state index contributed by atoms with van der Waals surface area (Å²) in [5, 5.41) is 7.83. The van der Waals surface area contributed by atoms with E-state index in [-0.39, 0.29) is 17.9 Å². The van der Waals surface area contributed by atoms with Crippen molar-refractivity contribution in [1.29, 1.82) is 5.41 Å². The lowest BCUT2D eigenvalue weighted by Gasteiger charge is -2.03. The molecular formula is C12H10N2O3S. The number of nitrogens with zero attached hydrogens (tertiary/aromatic N) is 1. The summed E-state index contributed by atoms with van der Waals surface area (Å²) in [4.78, 5) is 13.7. The monoisotopic (exact) mass is 262 g/mol. The third-order valence-electron chi connectivity index (χ3n) is 2.72. The summed E-state index contributed by atoms with van der Waals surface area (Å²) in [5.41, 5.74) is 0.859. The maximum absolute atomic E-state index is 11.8. The largest absolute Gasteiger partial charge is 0.454 e. The van der Waals surface area contributed by atoms with Crippen molar-refractivity contribution in [3.8, 4) is 11.5 Å². The molecule has 0 atom stereocenters. The number of carbonyl (C=O) groups is 1. The minimum Gasteiger partial charge on any atom is -0.454 e. The van der Waals surface area contributed by atoms with E-state index < -0.39 is 0 Å². The second-order valence-corrected chi connectivity index (χ2v) is 4.92. The predicted molar refractivity (Wildman–Crippen MR) is 68.6 cm³/mol. The van der Waals surface area contributed by atoms with Crippen LogP contribution in [0.2, 0.25) is 0 Å². The van der Waals surface area contributed by atoms with Gasteiger partial charge >= 0.3 is 0 Å². The number of hydrogen-bond acceptors (Lipinski definition) is 5. The Morgan fingerprint density at radius 3 is 2.89 bits per heavy atom. The van der Waals surface area contributed by atoms with E-state index in [1.807, 2.05) is 18.2 Å². The van der Waals surface area contributed by atoms with Crippen molar-refractivity contribution in [2.24, 2.45) is 0 Å². The van der Waals surface area contributed by atoms with Crippen LogP contribution in [-0.4, -0.2) is 29.8 Å². The Bertz CT molecular complexity index is 583. The molecule has 6 heteroatoms. The van der Waals surface area contributed by atoms with Crippen LogP contribution >= 0.6 is 11.8 Å². The first kappa shape index (κ1) is 11.2. The SMILES string of the molecule is CN1C(=N)S/C(=C/c2ccc3c(c2)OCO3)C1=O. The Morgan fingerprint density at radius 1 is 1.39 bits per heavy atom. The van der Waals surface area contributed by atoms with Crippen molar-refractivity contribution < 1.29 is 14.3 Å². The second kappa shape index (κ2) is 4.06. The van der Waals surface area contributed by atoms with Crippen LogP contribution in [0.25, 0.3) is 6.08 Å². The molecule has 0 radical (unpaired) electrons. The van der Waals surface area contributed by atoms with Gasteiger partial charge in [-0.1, -0.05) is 6.07 Å². The van der Waals surface area contributed by atoms with Gasteiger partial charge < -0.3 is 9.47 Å². The minimum absolute atomic E-state index is 0.150. The van der Waals surface area contributed by atoms with E-state index >= 15 is 0 Å². The van der Waals surface area contributed by atoms with E-state index in [9.17, 15) is 4.79 Å². The molecule has 0 spiro atoms. The van der Waals surface area contributed by atoms with E-state index in [1.54, 1.807) is 13.1 Å². The van der Waals surface area contributed by atoms with Crippen LogP contribution in [0.15, 0.2) is 23.1 Å². The standard InChI is InChI=1S/C12H10N2O3S/c1-14-11(15)10(18-12(14)13)5-7-2-3-8-9(4-7)17-6-16-8/h2-5,13H,6H2,1H3/b10-5+,13-12?. The average Bonchev–Trinajstić information content (AvgIpc) is 2.91.